The molecule has 0 fully saturated rings. The fourth-order valence-electron chi connectivity index (χ4n) is 2.31. The van der Waals surface area contributed by atoms with E-state index in [1.165, 1.54) is 0 Å². The van der Waals surface area contributed by atoms with Crippen molar-refractivity contribution in [3.63, 3.8) is 0 Å². The molecule has 0 spiro atoms. The van der Waals surface area contributed by atoms with Crippen LogP contribution in [-0.2, 0) is 16.0 Å². The number of alkyl halides is 2. The molecule has 0 amide bonds. The van der Waals surface area contributed by atoms with Crippen LogP contribution in [0.5, 0.6) is 0 Å². The van der Waals surface area contributed by atoms with E-state index >= 15 is 0 Å². The van der Waals surface area contributed by atoms with Crippen LogP contribution < -0.4 is 4.90 Å². The summed E-state index contributed by atoms with van der Waals surface area (Å²) in [6.07, 6.45) is 0.291. The summed E-state index contributed by atoms with van der Waals surface area (Å²) in [5, 5.41) is 17.9. The number of benzene rings is 1. The molecule has 0 heterocycles. The van der Waals surface area contributed by atoms with Gasteiger partial charge in [0.25, 0.3) is 0 Å². The smallest absolute Gasteiger partial charge is 0.306 e. The number of aliphatic carboxylic acids is 2. The molecule has 5 nitrogen and oxygen atoms in total. The Kier molecular flexibility index (Phi) is 8.81. The third-order valence-electron chi connectivity index (χ3n) is 3.55. The van der Waals surface area contributed by atoms with Crippen molar-refractivity contribution < 1.29 is 19.8 Å². The van der Waals surface area contributed by atoms with Crippen molar-refractivity contribution in [2.75, 3.05) is 29.7 Å². The third-order valence-corrected chi connectivity index (χ3v) is 3.89. The Morgan fingerprint density at radius 1 is 1.04 bits per heavy atom. The van der Waals surface area contributed by atoms with E-state index in [4.69, 9.17) is 28.3 Å². The van der Waals surface area contributed by atoms with Crippen molar-refractivity contribution in [1.29, 1.82) is 0 Å². The first-order valence-electron chi connectivity index (χ1n) is 7.38. The Hall–Kier alpha value is -1.46. The number of halogens is 2. The molecule has 0 aliphatic rings. The fourth-order valence-corrected chi connectivity index (χ4v) is 2.72. The van der Waals surface area contributed by atoms with Crippen LogP contribution in [0.4, 0.5) is 5.69 Å². The second-order valence-corrected chi connectivity index (χ2v) is 5.96. The largest absolute Gasteiger partial charge is 0.481 e. The lowest BCUT2D eigenvalue weighted by atomic mass is 9.95. The van der Waals surface area contributed by atoms with Crippen LogP contribution >= 0.6 is 23.2 Å². The summed E-state index contributed by atoms with van der Waals surface area (Å²) in [4.78, 5) is 23.9. The van der Waals surface area contributed by atoms with E-state index in [9.17, 15) is 14.7 Å². The summed E-state index contributed by atoms with van der Waals surface area (Å²) in [5.41, 5.74) is 1.84. The van der Waals surface area contributed by atoms with E-state index < -0.39 is 17.9 Å². The second kappa shape index (κ2) is 10.3. The van der Waals surface area contributed by atoms with E-state index in [-0.39, 0.29) is 12.8 Å². The van der Waals surface area contributed by atoms with Crippen molar-refractivity contribution >= 4 is 40.8 Å². The lowest BCUT2D eigenvalue weighted by Crippen LogP contribution is -2.27. The number of carbonyl (C=O) groups is 2. The standard InChI is InChI=1S/C16H21Cl2NO4/c17-7-9-19(10-8-18)14-4-1-12(2-5-14)11-13(16(22)23)3-6-15(20)21/h1-2,4-5,13H,3,6-11H2,(H,20,21)(H,22,23). The van der Waals surface area contributed by atoms with Gasteiger partial charge < -0.3 is 15.1 Å². The van der Waals surface area contributed by atoms with Gasteiger partial charge in [-0.05, 0) is 30.5 Å². The SMILES string of the molecule is O=C(O)CCC(Cc1ccc(N(CCCl)CCCl)cc1)C(=O)O. The van der Waals surface area contributed by atoms with Crippen molar-refractivity contribution in [3.05, 3.63) is 29.8 Å². The van der Waals surface area contributed by atoms with Gasteiger partial charge >= 0.3 is 11.9 Å². The lowest BCUT2D eigenvalue weighted by Gasteiger charge is -2.23. The van der Waals surface area contributed by atoms with Crippen LogP contribution in [0.3, 0.4) is 0 Å². The highest BCUT2D eigenvalue weighted by Crippen LogP contribution is 2.19. The maximum Gasteiger partial charge on any atom is 0.306 e. The normalized spacial score (nSPS) is 11.9. The van der Waals surface area contributed by atoms with Crippen molar-refractivity contribution in [2.45, 2.75) is 19.3 Å². The van der Waals surface area contributed by atoms with E-state index in [0.29, 0.717) is 31.3 Å². The van der Waals surface area contributed by atoms with Crippen LogP contribution in [0.25, 0.3) is 0 Å². The maximum absolute atomic E-state index is 11.2. The number of nitrogens with zero attached hydrogens (tertiary/aromatic N) is 1. The van der Waals surface area contributed by atoms with Gasteiger partial charge in [-0.2, -0.15) is 0 Å². The van der Waals surface area contributed by atoms with Gasteiger partial charge in [-0.3, -0.25) is 9.59 Å². The van der Waals surface area contributed by atoms with Gasteiger partial charge in [0, 0.05) is 37.0 Å². The molecule has 2 N–H and O–H groups in total. The van der Waals surface area contributed by atoms with Crippen molar-refractivity contribution in [2.24, 2.45) is 5.92 Å². The average molecular weight is 362 g/mol. The highest BCUT2D eigenvalue weighted by molar-refractivity contribution is 6.18. The van der Waals surface area contributed by atoms with Gasteiger partial charge in [0.1, 0.15) is 0 Å². The predicted octanol–water partition coefficient (Wildman–Crippen LogP) is 3.08. The first-order valence-corrected chi connectivity index (χ1v) is 8.45. The van der Waals surface area contributed by atoms with Crippen molar-refractivity contribution in [1.82, 2.24) is 0 Å². The van der Waals surface area contributed by atoms with Crippen LogP contribution in [0.15, 0.2) is 24.3 Å². The number of hydrogen-bond donors (Lipinski definition) is 2. The zero-order chi connectivity index (χ0) is 17.2. The molecule has 0 aromatic heterocycles. The lowest BCUT2D eigenvalue weighted by molar-refractivity contribution is -0.142. The summed E-state index contributed by atoms with van der Waals surface area (Å²) < 4.78 is 0. The minimum absolute atomic E-state index is 0.122. The number of carboxylic acid groups (broad SMARTS) is 2. The summed E-state index contributed by atoms with van der Waals surface area (Å²) >= 11 is 11.6. The monoisotopic (exact) mass is 361 g/mol. The molecule has 0 aliphatic heterocycles. The Morgan fingerprint density at radius 2 is 1.61 bits per heavy atom. The fraction of sp³-hybridized carbons (Fsp3) is 0.500. The minimum Gasteiger partial charge on any atom is -0.481 e. The average Bonchev–Trinajstić information content (AvgIpc) is 2.51. The number of carboxylic acids is 2. The van der Waals surface area contributed by atoms with E-state index in [1.807, 2.05) is 24.3 Å². The molecule has 0 saturated carbocycles. The molecule has 1 atom stereocenters. The molecule has 0 bridgehead atoms. The molecule has 7 heteroatoms. The molecule has 0 saturated heterocycles. The summed E-state index contributed by atoms with van der Waals surface area (Å²) in [7, 11) is 0. The molecule has 23 heavy (non-hydrogen) atoms. The topological polar surface area (TPSA) is 77.8 Å². The third kappa shape index (κ3) is 7.10. The first-order chi connectivity index (χ1) is 11.0. The van der Waals surface area contributed by atoms with Crippen LogP contribution in [-0.4, -0.2) is 47.0 Å². The van der Waals surface area contributed by atoms with Gasteiger partial charge in [0.15, 0.2) is 0 Å². The predicted molar refractivity (Wildman–Crippen MR) is 91.8 cm³/mol. The molecule has 128 valence electrons. The van der Waals surface area contributed by atoms with E-state index in [0.717, 1.165) is 11.3 Å². The first kappa shape index (κ1) is 19.6. The number of rotatable bonds is 11. The zero-order valence-corrected chi connectivity index (χ0v) is 14.3. The van der Waals surface area contributed by atoms with Crippen LogP contribution in [0.1, 0.15) is 18.4 Å². The summed E-state index contributed by atoms with van der Waals surface area (Å²) in [6, 6.07) is 7.54. The van der Waals surface area contributed by atoms with Gasteiger partial charge in [-0.1, -0.05) is 12.1 Å². The van der Waals surface area contributed by atoms with Crippen molar-refractivity contribution in [3.8, 4) is 0 Å². The molecule has 1 rings (SSSR count). The van der Waals surface area contributed by atoms with Gasteiger partial charge in [0.05, 0.1) is 5.92 Å². The van der Waals surface area contributed by atoms with Crippen LogP contribution in [0, 0.1) is 5.92 Å². The Labute approximate surface area is 145 Å². The second-order valence-electron chi connectivity index (χ2n) is 5.20. The Balaban J connectivity index is 2.73. The number of anilines is 1. The zero-order valence-electron chi connectivity index (χ0n) is 12.8. The molecule has 0 radical (unpaired) electrons. The number of hydrogen-bond acceptors (Lipinski definition) is 3. The molecule has 1 unspecified atom stereocenters. The van der Waals surface area contributed by atoms with Gasteiger partial charge in [-0.25, -0.2) is 0 Å². The summed E-state index contributed by atoms with van der Waals surface area (Å²) in [5.74, 6) is -1.66. The highest BCUT2D eigenvalue weighted by Gasteiger charge is 2.19. The van der Waals surface area contributed by atoms with Gasteiger partial charge in [-0.15, -0.1) is 23.2 Å². The van der Waals surface area contributed by atoms with Gasteiger partial charge in [0.2, 0.25) is 0 Å². The molecule has 1 aromatic rings. The molecular formula is C16H21Cl2NO4. The summed E-state index contributed by atoms with van der Waals surface area (Å²) in [6.45, 7) is 1.37. The molecule has 0 aliphatic carbocycles. The highest BCUT2D eigenvalue weighted by atomic mass is 35.5. The Morgan fingerprint density at radius 3 is 2.04 bits per heavy atom. The van der Waals surface area contributed by atoms with E-state index in [1.54, 1.807) is 0 Å². The maximum atomic E-state index is 11.2. The van der Waals surface area contributed by atoms with Crippen LogP contribution in [0.2, 0.25) is 0 Å². The van der Waals surface area contributed by atoms with E-state index in [2.05, 4.69) is 4.90 Å². The molecular weight excluding hydrogens is 341 g/mol. The molecule has 1 aromatic carbocycles. The minimum atomic E-state index is -0.982. The quantitative estimate of drug-likeness (QED) is 0.592. The Bertz CT molecular complexity index is 501.